The van der Waals surface area contributed by atoms with Gasteiger partial charge in [-0.05, 0) is 71.3 Å². The molecule has 1 heterocycles. The number of rotatable bonds is 13. The van der Waals surface area contributed by atoms with Crippen molar-refractivity contribution >= 4 is 17.5 Å². The minimum atomic E-state index is -1.71. The number of amides is 1. The fourth-order valence-corrected chi connectivity index (χ4v) is 5.19. The van der Waals surface area contributed by atoms with Crippen LogP contribution >= 0.6 is 0 Å². The summed E-state index contributed by atoms with van der Waals surface area (Å²) in [5.74, 6) is -0.705. The van der Waals surface area contributed by atoms with Crippen LogP contribution in [-0.2, 0) is 22.5 Å². The van der Waals surface area contributed by atoms with E-state index in [1.165, 1.54) is 7.11 Å². The average Bonchev–Trinajstić information content (AvgIpc) is 3.47. The fourth-order valence-electron chi connectivity index (χ4n) is 5.19. The van der Waals surface area contributed by atoms with E-state index < -0.39 is 29.2 Å². The Morgan fingerprint density at radius 3 is 2.61 bits per heavy atom. The monoisotopic (exact) mass is 627 g/mol. The van der Waals surface area contributed by atoms with Gasteiger partial charge in [0.05, 0.1) is 13.7 Å². The number of benzene rings is 4. The second kappa shape index (κ2) is 14.6. The number of nitrogens with zero attached hydrogens (tertiary/aromatic N) is 4. The highest BCUT2D eigenvalue weighted by molar-refractivity contribution is 6.01. The van der Waals surface area contributed by atoms with Gasteiger partial charge in [0.25, 0.3) is 5.91 Å². The smallest absolute Gasteiger partial charge is 0.252 e. The Balaban J connectivity index is 1.62. The second-order valence-electron chi connectivity index (χ2n) is 10.5. The van der Waals surface area contributed by atoms with Crippen molar-refractivity contribution in [3.8, 4) is 11.5 Å². The zero-order valence-corrected chi connectivity index (χ0v) is 24.9. The van der Waals surface area contributed by atoms with Crippen molar-refractivity contribution in [3.05, 3.63) is 135 Å². The van der Waals surface area contributed by atoms with E-state index in [2.05, 4.69) is 15.3 Å². The molecule has 0 bridgehead atoms. The zero-order valence-electron chi connectivity index (χ0n) is 24.9. The SMILES string of the molecule is COc1cccc([C@H]2OC(c3ccc(OCCCO)cc3)=N[C@@]2(Cc2ccccc2N=[N+]=[N-])C(=O)NCc2cc(F)ccc2F)c1. The van der Waals surface area contributed by atoms with Gasteiger partial charge in [-0.2, -0.15) is 0 Å². The Kier molecular flexibility index (Phi) is 10.1. The van der Waals surface area contributed by atoms with Crippen molar-refractivity contribution in [2.75, 3.05) is 20.3 Å². The first-order valence-corrected chi connectivity index (χ1v) is 14.5. The van der Waals surface area contributed by atoms with Crippen molar-refractivity contribution in [1.29, 1.82) is 0 Å². The molecule has 4 aromatic rings. The summed E-state index contributed by atoms with van der Waals surface area (Å²) in [7, 11) is 1.52. The summed E-state index contributed by atoms with van der Waals surface area (Å²) in [6, 6.07) is 23.7. The Hall–Kier alpha value is -5.45. The number of hydrogen-bond acceptors (Lipinski definition) is 7. The maximum atomic E-state index is 14.6. The summed E-state index contributed by atoms with van der Waals surface area (Å²) in [5.41, 5.74) is 9.41. The zero-order chi connectivity index (χ0) is 32.5. The first-order valence-electron chi connectivity index (χ1n) is 14.5. The van der Waals surface area contributed by atoms with Crippen LogP contribution in [0.15, 0.2) is 101 Å². The molecule has 4 aromatic carbocycles. The number of hydrogen-bond donors (Lipinski definition) is 2. The lowest BCUT2D eigenvalue weighted by Gasteiger charge is -2.31. The molecule has 2 N–H and O–H groups in total. The fraction of sp³-hybridized carbons (Fsp3) is 0.235. The van der Waals surface area contributed by atoms with Gasteiger partial charge >= 0.3 is 0 Å². The lowest BCUT2D eigenvalue weighted by Crippen LogP contribution is -2.49. The van der Waals surface area contributed by atoms with Crippen LogP contribution in [0.2, 0.25) is 0 Å². The first-order chi connectivity index (χ1) is 22.4. The number of aliphatic hydroxyl groups excluding tert-OH is 1. The van der Waals surface area contributed by atoms with E-state index in [9.17, 15) is 19.1 Å². The summed E-state index contributed by atoms with van der Waals surface area (Å²) in [5, 5.41) is 15.6. The van der Waals surface area contributed by atoms with Crippen LogP contribution in [0.5, 0.6) is 11.5 Å². The van der Waals surface area contributed by atoms with Gasteiger partial charge in [0.2, 0.25) is 5.90 Å². The highest BCUT2D eigenvalue weighted by atomic mass is 19.1. The van der Waals surface area contributed by atoms with E-state index >= 15 is 0 Å². The van der Waals surface area contributed by atoms with Crippen molar-refractivity contribution in [2.24, 2.45) is 10.1 Å². The minimum absolute atomic E-state index is 0.00714. The number of nitrogens with one attached hydrogen (secondary N) is 1. The molecule has 46 heavy (non-hydrogen) atoms. The molecular formula is C34H31F2N5O5. The standard InChI is InChI=1S/C34H31F2N5O5/c1-44-28-8-4-7-23(19-28)31-34(20-24-6-2-3-9-30(24)40-41-37,33(43)38-21-25-18-26(35)12-15-29(25)36)39-32(46-31)22-10-13-27(14-11-22)45-17-5-16-42/h2-4,6-15,18-19,31,42H,5,16-17,20-21H2,1H3,(H,38,43)/t31-,34-/m1/s1. The molecule has 0 radical (unpaired) electrons. The molecule has 0 unspecified atom stereocenters. The van der Waals surface area contributed by atoms with E-state index in [0.29, 0.717) is 46.9 Å². The number of azide groups is 1. The van der Waals surface area contributed by atoms with Crippen LogP contribution in [0, 0.1) is 11.6 Å². The van der Waals surface area contributed by atoms with Gasteiger partial charge in [0, 0.05) is 47.7 Å². The van der Waals surface area contributed by atoms with Crippen molar-refractivity contribution in [1.82, 2.24) is 5.32 Å². The number of methoxy groups -OCH3 is 1. The van der Waals surface area contributed by atoms with Gasteiger partial charge < -0.3 is 24.6 Å². The van der Waals surface area contributed by atoms with E-state index in [-0.39, 0.29) is 31.0 Å². The molecule has 0 aliphatic carbocycles. The maximum absolute atomic E-state index is 14.6. The van der Waals surface area contributed by atoms with Crippen molar-refractivity contribution < 1.29 is 32.9 Å². The molecule has 1 amide bonds. The largest absolute Gasteiger partial charge is 0.497 e. The van der Waals surface area contributed by atoms with Crippen molar-refractivity contribution in [2.45, 2.75) is 31.0 Å². The molecule has 236 valence electrons. The number of aliphatic hydroxyl groups is 1. The van der Waals surface area contributed by atoms with Gasteiger partial charge in [-0.1, -0.05) is 41.5 Å². The lowest BCUT2D eigenvalue weighted by atomic mass is 9.81. The van der Waals surface area contributed by atoms with E-state index in [0.717, 1.165) is 18.2 Å². The number of carbonyl (C=O) groups excluding carboxylic acids is 1. The Morgan fingerprint density at radius 2 is 1.85 bits per heavy atom. The highest BCUT2D eigenvalue weighted by Gasteiger charge is 2.53. The minimum Gasteiger partial charge on any atom is -0.497 e. The molecule has 5 rings (SSSR count). The normalized spacial score (nSPS) is 17.0. The molecule has 1 aliphatic rings. The number of aliphatic imine (C=N–C) groups is 1. The van der Waals surface area contributed by atoms with Crippen LogP contribution in [0.25, 0.3) is 10.4 Å². The number of carbonyl (C=O) groups is 1. The quantitative estimate of drug-likeness (QED) is 0.0755. The highest BCUT2D eigenvalue weighted by Crippen LogP contribution is 2.44. The molecule has 10 nitrogen and oxygen atoms in total. The average molecular weight is 628 g/mol. The van der Waals surface area contributed by atoms with Crippen LogP contribution in [-0.4, -0.2) is 42.8 Å². The van der Waals surface area contributed by atoms with Gasteiger partial charge in [-0.3, -0.25) is 4.79 Å². The molecular weight excluding hydrogens is 596 g/mol. The molecule has 1 aliphatic heterocycles. The Labute approximate surface area is 263 Å². The third kappa shape index (κ3) is 7.09. The van der Waals surface area contributed by atoms with Gasteiger partial charge in [-0.25, -0.2) is 13.8 Å². The van der Waals surface area contributed by atoms with Gasteiger partial charge in [-0.15, -0.1) is 0 Å². The molecule has 0 aromatic heterocycles. The predicted molar refractivity (Wildman–Crippen MR) is 167 cm³/mol. The van der Waals surface area contributed by atoms with E-state index in [4.69, 9.17) is 24.3 Å². The summed E-state index contributed by atoms with van der Waals surface area (Å²) >= 11 is 0. The molecule has 0 fully saturated rings. The maximum Gasteiger partial charge on any atom is 0.252 e. The van der Waals surface area contributed by atoms with E-state index in [1.54, 1.807) is 72.8 Å². The third-order valence-electron chi connectivity index (χ3n) is 7.48. The second-order valence-corrected chi connectivity index (χ2v) is 10.5. The lowest BCUT2D eigenvalue weighted by molar-refractivity contribution is -0.129. The van der Waals surface area contributed by atoms with E-state index in [1.807, 2.05) is 0 Å². The van der Waals surface area contributed by atoms with Crippen LogP contribution in [0.1, 0.15) is 34.8 Å². The topological polar surface area (TPSA) is 138 Å². The summed E-state index contributed by atoms with van der Waals surface area (Å²) in [6.45, 7) is 0.0237. The third-order valence-corrected chi connectivity index (χ3v) is 7.48. The predicted octanol–water partition coefficient (Wildman–Crippen LogP) is 6.49. The number of halogens is 2. The summed E-state index contributed by atoms with van der Waals surface area (Å²) in [6.07, 6.45) is -0.615. The van der Waals surface area contributed by atoms with Crippen LogP contribution in [0.3, 0.4) is 0 Å². The Bertz CT molecular complexity index is 1780. The molecule has 0 saturated carbocycles. The van der Waals surface area contributed by atoms with Crippen molar-refractivity contribution in [3.63, 3.8) is 0 Å². The first kappa shape index (κ1) is 32.0. The molecule has 0 spiro atoms. The number of ether oxygens (including phenoxy) is 3. The Morgan fingerprint density at radius 1 is 1.04 bits per heavy atom. The summed E-state index contributed by atoms with van der Waals surface area (Å²) in [4.78, 5) is 22.3. The molecule has 0 saturated heterocycles. The molecule has 12 heteroatoms. The molecule has 2 atom stereocenters. The summed E-state index contributed by atoms with van der Waals surface area (Å²) < 4.78 is 46.1. The van der Waals surface area contributed by atoms with Crippen LogP contribution in [0.4, 0.5) is 14.5 Å². The van der Waals surface area contributed by atoms with Gasteiger partial charge in [0.15, 0.2) is 11.6 Å². The van der Waals surface area contributed by atoms with Gasteiger partial charge in [0.1, 0.15) is 23.1 Å². The van der Waals surface area contributed by atoms with Crippen LogP contribution < -0.4 is 14.8 Å².